The topological polar surface area (TPSA) is 131 Å². The fraction of sp³-hybridized carbons (Fsp3) is 0.368. The maximum Gasteiger partial charge on any atom is 0.418 e. The highest BCUT2D eigenvalue weighted by Gasteiger charge is 2.37. The summed E-state index contributed by atoms with van der Waals surface area (Å²) in [5.41, 5.74) is 8.58. The van der Waals surface area contributed by atoms with Crippen LogP contribution in [0.1, 0.15) is 46.0 Å². The van der Waals surface area contributed by atoms with Gasteiger partial charge in [-0.1, -0.05) is 26.0 Å². The van der Waals surface area contributed by atoms with Crippen LogP contribution in [0.5, 0.6) is 0 Å². The first kappa shape index (κ1) is 24.1. The largest absolute Gasteiger partial charge is 0.418 e. The molecule has 1 aromatic heterocycles. The summed E-state index contributed by atoms with van der Waals surface area (Å²) in [6.45, 7) is 3.51. The van der Waals surface area contributed by atoms with Gasteiger partial charge in [0, 0.05) is 6.54 Å². The van der Waals surface area contributed by atoms with E-state index in [-0.39, 0.29) is 16.3 Å². The molecule has 5 N–H and O–H groups in total. The molecule has 0 aliphatic rings. The Morgan fingerprint density at radius 3 is 2.42 bits per heavy atom. The Hall–Kier alpha value is -3.15. The van der Waals surface area contributed by atoms with Gasteiger partial charge in [0.1, 0.15) is 11.4 Å². The summed E-state index contributed by atoms with van der Waals surface area (Å²) in [4.78, 5) is 37.3. The molecule has 2 rings (SSSR count). The molecule has 12 heteroatoms. The predicted octanol–water partition coefficient (Wildman–Crippen LogP) is 2.65. The third-order valence-corrected chi connectivity index (χ3v) is 5.10. The first-order valence-electron chi connectivity index (χ1n) is 9.23. The van der Waals surface area contributed by atoms with Gasteiger partial charge >= 0.3 is 6.18 Å². The maximum absolute atomic E-state index is 13.6. The van der Waals surface area contributed by atoms with Gasteiger partial charge in [0.25, 0.3) is 11.8 Å². The number of amides is 3. The molecular formula is C19H22F3N5O3S. The van der Waals surface area contributed by atoms with Crippen LogP contribution in [0, 0.1) is 5.92 Å². The Labute approximate surface area is 180 Å². The van der Waals surface area contributed by atoms with E-state index in [0.29, 0.717) is 35.3 Å². The number of anilines is 2. The summed E-state index contributed by atoms with van der Waals surface area (Å²) < 4.78 is 44.4. The highest BCUT2D eigenvalue weighted by Crippen LogP contribution is 2.37. The number of halogens is 3. The lowest BCUT2D eigenvalue weighted by molar-refractivity contribution is -0.137. The molecule has 0 aliphatic carbocycles. The molecule has 3 amide bonds. The van der Waals surface area contributed by atoms with E-state index < -0.39 is 41.7 Å². The van der Waals surface area contributed by atoms with Crippen molar-refractivity contribution in [1.29, 1.82) is 0 Å². The number of rotatable bonds is 8. The Bertz CT molecular complexity index is 975. The zero-order valence-electron chi connectivity index (χ0n) is 16.8. The van der Waals surface area contributed by atoms with Gasteiger partial charge in [0.05, 0.1) is 16.9 Å². The zero-order chi connectivity index (χ0) is 23.3. The maximum atomic E-state index is 13.6. The molecule has 1 aromatic carbocycles. The average molecular weight is 457 g/mol. The van der Waals surface area contributed by atoms with Gasteiger partial charge in [-0.3, -0.25) is 19.3 Å². The number of alkyl halides is 3. The SMILES string of the molecule is CC(C)CCNC(=O)CN(C(=O)c1snc(C(N)=O)c1N)c1ccccc1C(F)(F)F. The van der Waals surface area contributed by atoms with E-state index >= 15 is 0 Å². The molecular weight excluding hydrogens is 435 g/mol. The number of primary amides is 1. The smallest absolute Gasteiger partial charge is 0.395 e. The van der Waals surface area contributed by atoms with Crippen molar-refractivity contribution >= 4 is 40.6 Å². The summed E-state index contributed by atoms with van der Waals surface area (Å²) in [7, 11) is 0. The van der Waals surface area contributed by atoms with Crippen molar-refractivity contribution in [3.8, 4) is 0 Å². The van der Waals surface area contributed by atoms with Gasteiger partial charge in [-0.05, 0) is 36.0 Å². The van der Waals surface area contributed by atoms with E-state index in [1.54, 1.807) is 0 Å². The lowest BCUT2D eigenvalue weighted by atomic mass is 10.1. The van der Waals surface area contributed by atoms with E-state index in [9.17, 15) is 27.6 Å². The van der Waals surface area contributed by atoms with Crippen LogP contribution in [0.15, 0.2) is 24.3 Å². The van der Waals surface area contributed by atoms with Gasteiger partial charge in [0.2, 0.25) is 5.91 Å². The molecule has 0 fully saturated rings. The molecule has 31 heavy (non-hydrogen) atoms. The number of aromatic nitrogens is 1. The minimum atomic E-state index is -4.78. The zero-order valence-corrected chi connectivity index (χ0v) is 17.6. The number of nitrogens with zero attached hydrogens (tertiary/aromatic N) is 2. The highest BCUT2D eigenvalue weighted by molar-refractivity contribution is 7.09. The molecule has 168 valence electrons. The van der Waals surface area contributed by atoms with Gasteiger partial charge in [0.15, 0.2) is 5.69 Å². The van der Waals surface area contributed by atoms with Crippen LogP contribution < -0.4 is 21.7 Å². The van der Waals surface area contributed by atoms with Crippen molar-refractivity contribution < 1.29 is 27.6 Å². The summed E-state index contributed by atoms with van der Waals surface area (Å²) in [5.74, 6) is -2.34. The van der Waals surface area contributed by atoms with Crippen molar-refractivity contribution in [3.63, 3.8) is 0 Å². The number of carbonyl (C=O) groups is 3. The number of nitrogens with two attached hydrogens (primary N) is 2. The Morgan fingerprint density at radius 1 is 1.23 bits per heavy atom. The molecule has 8 nitrogen and oxygen atoms in total. The van der Waals surface area contributed by atoms with Gasteiger partial charge < -0.3 is 16.8 Å². The molecule has 0 spiro atoms. The van der Waals surface area contributed by atoms with Crippen molar-refractivity contribution in [2.45, 2.75) is 26.4 Å². The number of benzene rings is 1. The molecule has 0 radical (unpaired) electrons. The van der Waals surface area contributed by atoms with Crippen LogP contribution in [0.3, 0.4) is 0 Å². The number of nitrogen functional groups attached to an aromatic ring is 1. The van der Waals surface area contributed by atoms with Gasteiger partial charge in [-0.15, -0.1) is 0 Å². The van der Waals surface area contributed by atoms with Crippen molar-refractivity contribution in [2.75, 3.05) is 23.7 Å². The monoisotopic (exact) mass is 457 g/mol. The molecule has 0 saturated carbocycles. The number of carbonyl (C=O) groups excluding carboxylic acids is 3. The van der Waals surface area contributed by atoms with Crippen LogP contribution in [0.2, 0.25) is 0 Å². The minimum absolute atomic E-state index is 0.291. The van der Waals surface area contributed by atoms with Crippen LogP contribution in [0.25, 0.3) is 0 Å². The van der Waals surface area contributed by atoms with E-state index in [1.165, 1.54) is 12.1 Å². The second-order valence-electron chi connectivity index (χ2n) is 7.08. The van der Waals surface area contributed by atoms with Crippen LogP contribution in [0.4, 0.5) is 24.5 Å². The summed E-state index contributed by atoms with van der Waals surface area (Å²) in [6.07, 6.45) is -4.12. The molecule has 0 saturated heterocycles. The quantitative estimate of drug-likeness (QED) is 0.561. The van der Waals surface area contributed by atoms with Gasteiger partial charge in [-0.2, -0.15) is 17.5 Å². The normalized spacial score (nSPS) is 11.4. The third-order valence-electron chi connectivity index (χ3n) is 4.25. The summed E-state index contributed by atoms with van der Waals surface area (Å²) in [5, 5.41) is 2.59. The van der Waals surface area contributed by atoms with E-state index in [4.69, 9.17) is 11.5 Å². The molecule has 1 heterocycles. The van der Waals surface area contributed by atoms with E-state index in [1.807, 2.05) is 13.8 Å². The van der Waals surface area contributed by atoms with Crippen LogP contribution in [-0.4, -0.2) is 35.2 Å². The Kier molecular flexibility index (Phi) is 7.60. The van der Waals surface area contributed by atoms with Crippen LogP contribution >= 0.6 is 11.5 Å². The van der Waals surface area contributed by atoms with E-state index in [2.05, 4.69) is 9.69 Å². The number of para-hydroxylation sites is 1. The predicted molar refractivity (Wildman–Crippen MR) is 111 cm³/mol. The first-order chi connectivity index (χ1) is 14.4. The Balaban J connectivity index is 2.46. The van der Waals surface area contributed by atoms with Gasteiger partial charge in [-0.25, -0.2) is 0 Å². The summed E-state index contributed by atoms with van der Waals surface area (Å²) in [6, 6.07) is 4.36. The molecule has 0 aliphatic heterocycles. The Morgan fingerprint density at radius 2 is 1.87 bits per heavy atom. The van der Waals surface area contributed by atoms with Crippen LogP contribution in [-0.2, 0) is 11.0 Å². The average Bonchev–Trinajstić information content (AvgIpc) is 3.06. The third kappa shape index (κ3) is 5.94. The molecule has 0 atom stereocenters. The molecule has 0 unspecified atom stereocenters. The standard InChI is InChI=1S/C19H22F3N5O3S/c1-10(2)7-8-25-13(28)9-27(12-6-4-3-5-11(12)19(20,21)22)18(30)16-14(23)15(17(24)29)26-31-16/h3-6,10H,7-9,23H2,1-2H3,(H2,24,29)(H,25,28). The second kappa shape index (κ2) is 9.77. The lowest BCUT2D eigenvalue weighted by Gasteiger charge is -2.25. The fourth-order valence-corrected chi connectivity index (χ4v) is 3.42. The summed E-state index contributed by atoms with van der Waals surface area (Å²) >= 11 is 0.518. The molecule has 0 bridgehead atoms. The number of hydrogen-bond acceptors (Lipinski definition) is 6. The van der Waals surface area contributed by atoms with Crippen molar-refractivity contribution in [3.05, 3.63) is 40.4 Å². The fourth-order valence-electron chi connectivity index (χ4n) is 2.67. The lowest BCUT2D eigenvalue weighted by Crippen LogP contribution is -2.42. The first-order valence-corrected chi connectivity index (χ1v) is 10.0. The molecule has 2 aromatic rings. The highest BCUT2D eigenvalue weighted by atomic mass is 32.1. The van der Waals surface area contributed by atoms with Crippen molar-refractivity contribution in [1.82, 2.24) is 9.69 Å². The number of hydrogen-bond donors (Lipinski definition) is 3. The number of nitrogens with one attached hydrogen (secondary N) is 1. The van der Waals surface area contributed by atoms with Crippen molar-refractivity contribution in [2.24, 2.45) is 11.7 Å². The second-order valence-corrected chi connectivity index (χ2v) is 7.85. The van der Waals surface area contributed by atoms with E-state index in [0.717, 1.165) is 12.1 Å². The minimum Gasteiger partial charge on any atom is -0.395 e.